The van der Waals surface area contributed by atoms with Crippen molar-refractivity contribution >= 4 is 7.26 Å². The molecule has 0 aliphatic carbocycles. The SMILES string of the molecule is CC(O)[P+](C)(C(C)O)C(C)O. The summed E-state index contributed by atoms with van der Waals surface area (Å²) in [5.74, 6) is -1.83. The quantitative estimate of drug-likeness (QED) is 0.560. The van der Waals surface area contributed by atoms with Crippen LogP contribution in [-0.4, -0.2) is 39.5 Å². The summed E-state index contributed by atoms with van der Waals surface area (Å²) in [6.45, 7) is 6.63. The van der Waals surface area contributed by atoms with Gasteiger partial charge in [-0.25, -0.2) is 0 Å². The first kappa shape index (κ1) is 11.3. The van der Waals surface area contributed by atoms with E-state index in [1.165, 1.54) is 0 Å². The van der Waals surface area contributed by atoms with Crippen molar-refractivity contribution < 1.29 is 15.3 Å². The zero-order valence-electron chi connectivity index (χ0n) is 7.52. The number of aliphatic hydroxyl groups is 3. The molecular weight excluding hydrogens is 163 g/mol. The third-order valence-corrected chi connectivity index (χ3v) is 7.25. The van der Waals surface area contributed by atoms with Crippen molar-refractivity contribution in [1.29, 1.82) is 0 Å². The van der Waals surface area contributed by atoms with Gasteiger partial charge in [0.1, 0.15) is 0 Å². The summed E-state index contributed by atoms with van der Waals surface area (Å²) in [7, 11) is -2.02. The van der Waals surface area contributed by atoms with E-state index in [-0.39, 0.29) is 0 Å². The fraction of sp³-hybridized carbons (Fsp3) is 1.00. The summed E-state index contributed by atoms with van der Waals surface area (Å²) in [5.41, 5.74) is 0. The van der Waals surface area contributed by atoms with E-state index < -0.39 is 24.8 Å². The van der Waals surface area contributed by atoms with Gasteiger partial charge >= 0.3 is 0 Å². The molecule has 0 saturated heterocycles. The van der Waals surface area contributed by atoms with Gasteiger partial charge in [0.2, 0.25) is 0 Å². The van der Waals surface area contributed by atoms with Gasteiger partial charge in [0.25, 0.3) is 0 Å². The molecule has 68 valence electrons. The zero-order valence-corrected chi connectivity index (χ0v) is 8.42. The highest BCUT2D eigenvalue weighted by molar-refractivity contribution is 7.76. The Labute approximate surface area is 68.4 Å². The van der Waals surface area contributed by atoms with E-state index in [9.17, 15) is 15.3 Å². The molecule has 11 heavy (non-hydrogen) atoms. The molecule has 3 unspecified atom stereocenters. The molecule has 0 aromatic carbocycles. The van der Waals surface area contributed by atoms with Crippen LogP contribution >= 0.6 is 7.26 Å². The van der Waals surface area contributed by atoms with Crippen LogP contribution in [0.1, 0.15) is 20.8 Å². The molecule has 0 bridgehead atoms. The number of aliphatic hydroxyl groups excluding tert-OH is 3. The minimum atomic E-state index is -2.02. The zero-order chi connectivity index (χ0) is 9.23. The molecule has 3 nitrogen and oxygen atoms in total. The van der Waals surface area contributed by atoms with Crippen molar-refractivity contribution in [2.45, 2.75) is 38.3 Å². The van der Waals surface area contributed by atoms with Gasteiger partial charge in [-0.3, -0.25) is 0 Å². The summed E-state index contributed by atoms with van der Waals surface area (Å²) < 4.78 is 0. The van der Waals surface area contributed by atoms with Gasteiger partial charge in [-0.1, -0.05) is 0 Å². The van der Waals surface area contributed by atoms with Crippen LogP contribution in [0.2, 0.25) is 0 Å². The van der Waals surface area contributed by atoms with E-state index >= 15 is 0 Å². The molecule has 0 rings (SSSR count). The van der Waals surface area contributed by atoms with Crippen molar-refractivity contribution in [3.63, 3.8) is 0 Å². The van der Waals surface area contributed by atoms with Crippen molar-refractivity contribution in [1.82, 2.24) is 0 Å². The minimum Gasteiger partial charge on any atom is -0.359 e. The third kappa shape index (κ3) is 2.12. The van der Waals surface area contributed by atoms with Crippen LogP contribution in [0.4, 0.5) is 0 Å². The van der Waals surface area contributed by atoms with E-state index in [1.54, 1.807) is 27.4 Å². The summed E-state index contributed by atoms with van der Waals surface area (Å²) in [6, 6.07) is 0. The van der Waals surface area contributed by atoms with Crippen molar-refractivity contribution in [2.75, 3.05) is 6.66 Å². The van der Waals surface area contributed by atoms with Gasteiger partial charge in [-0.05, 0) is 20.8 Å². The van der Waals surface area contributed by atoms with Gasteiger partial charge in [-0.15, -0.1) is 0 Å². The lowest BCUT2D eigenvalue weighted by molar-refractivity contribution is 0.206. The largest absolute Gasteiger partial charge is 0.359 e. The molecule has 0 heterocycles. The molecule has 0 aromatic heterocycles. The fourth-order valence-corrected chi connectivity index (χ4v) is 2.81. The molecule has 3 atom stereocenters. The molecule has 0 aromatic rings. The van der Waals surface area contributed by atoms with Gasteiger partial charge < -0.3 is 15.3 Å². The van der Waals surface area contributed by atoms with Gasteiger partial charge in [-0.2, -0.15) is 0 Å². The summed E-state index contributed by atoms with van der Waals surface area (Å²) >= 11 is 0. The predicted molar refractivity (Wildman–Crippen MR) is 47.9 cm³/mol. The average molecular weight is 181 g/mol. The highest BCUT2D eigenvalue weighted by Crippen LogP contribution is 2.64. The highest BCUT2D eigenvalue weighted by Gasteiger charge is 2.47. The fourth-order valence-electron chi connectivity index (χ4n) is 0.937. The molecule has 0 radical (unpaired) electrons. The lowest BCUT2D eigenvalue weighted by Crippen LogP contribution is -2.26. The van der Waals surface area contributed by atoms with E-state index in [0.29, 0.717) is 0 Å². The minimum absolute atomic E-state index is 0.609. The number of hydrogen-bond donors (Lipinski definition) is 3. The number of hydrogen-bond acceptors (Lipinski definition) is 3. The maximum atomic E-state index is 9.34. The van der Waals surface area contributed by atoms with E-state index in [2.05, 4.69) is 0 Å². The highest BCUT2D eigenvalue weighted by atomic mass is 31.2. The van der Waals surface area contributed by atoms with Crippen LogP contribution in [0.3, 0.4) is 0 Å². The lowest BCUT2D eigenvalue weighted by atomic mass is 10.8. The third-order valence-electron chi connectivity index (χ3n) is 2.42. The molecular formula is C7H18O3P+. The number of rotatable bonds is 3. The standard InChI is InChI=1S/C7H18O3P/c1-5(8)11(4,6(2)9)7(3)10/h5-10H,1-4H3/q+1. The Hall–Kier alpha value is 0.310. The van der Waals surface area contributed by atoms with Crippen LogP contribution in [0.25, 0.3) is 0 Å². The predicted octanol–water partition coefficient (Wildman–Crippen LogP) is 0.649. The first-order valence-electron chi connectivity index (χ1n) is 3.73. The molecule has 0 aliphatic rings. The molecule has 0 spiro atoms. The summed E-state index contributed by atoms with van der Waals surface area (Å²) in [6.07, 6.45) is 0. The second-order valence-corrected chi connectivity index (χ2v) is 7.80. The first-order chi connectivity index (χ1) is 4.83. The lowest BCUT2D eigenvalue weighted by Gasteiger charge is -2.30. The van der Waals surface area contributed by atoms with Gasteiger partial charge in [0.05, 0.1) is 13.9 Å². The van der Waals surface area contributed by atoms with E-state index in [0.717, 1.165) is 0 Å². The Balaban J connectivity index is 4.53. The molecule has 4 heteroatoms. The van der Waals surface area contributed by atoms with Crippen LogP contribution < -0.4 is 0 Å². The summed E-state index contributed by atoms with van der Waals surface area (Å²) in [5, 5.41) is 28.0. The first-order valence-corrected chi connectivity index (χ1v) is 6.17. The van der Waals surface area contributed by atoms with Crippen LogP contribution in [0.5, 0.6) is 0 Å². The van der Waals surface area contributed by atoms with Crippen molar-refractivity contribution in [2.24, 2.45) is 0 Å². The Morgan fingerprint density at radius 1 is 0.818 bits per heavy atom. The van der Waals surface area contributed by atoms with Crippen molar-refractivity contribution in [3.8, 4) is 0 Å². The molecule has 3 N–H and O–H groups in total. The Morgan fingerprint density at radius 2 is 1.00 bits per heavy atom. The topological polar surface area (TPSA) is 60.7 Å². The second kappa shape index (κ2) is 3.81. The second-order valence-electron chi connectivity index (χ2n) is 3.12. The Bertz CT molecular complexity index is 101. The monoisotopic (exact) mass is 181 g/mol. The maximum absolute atomic E-state index is 9.34. The van der Waals surface area contributed by atoms with E-state index in [1.807, 2.05) is 0 Å². The van der Waals surface area contributed by atoms with Crippen LogP contribution in [-0.2, 0) is 0 Å². The summed E-state index contributed by atoms with van der Waals surface area (Å²) in [4.78, 5) is 0. The van der Waals surface area contributed by atoms with Crippen LogP contribution in [0.15, 0.2) is 0 Å². The molecule has 0 saturated carbocycles. The normalized spacial score (nSPS) is 25.4. The Morgan fingerprint density at radius 3 is 1.00 bits per heavy atom. The van der Waals surface area contributed by atoms with Crippen molar-refractivity contribution in [3.05, 3.63) is 0 Å². The van der Waals surface area contributed by atoms with Crippen LogP contribution in [0, 0.1) is 0 Å². The van der Waals surface area contributed by atoms with Gasteiger partial charge in [0.15, 0.2) is 17.5 Å². The molecule has 0 amide bonds. The Kier molecular flexibility index (Phi) is 3.92. The van der Waals surface area contributed by atoms with E-state index in [4.69, 9.17) is 0 Å². The van der Waals surface area contributed by atoms with Gasteiger partial charge in [0, 0.05) is 0 Å². The average Bonchev–Trinajstić information content (AvgIpc) is 1.84. The maximum Gasteiger partial charge on any atom is 0.166 e. The molecule has 0 fully saturated rings. The molecule has 0 aliphatic heterocycles. The smallest absolute Gasteiger partial charge is 0.166 e.